The molecule has 0 aliphatic heterocycles. The molecule has 2 rings (SSSR count). The third kappa shape index (κ3) is 2.35. The lowest BCUT2D eigenvalue weighted by molar-refractivity contribution is 0.103. The van der Waals surface area contributed by atoms with Crippen molar-refractivity contribution >= 4 is 27.4 Å². The number of rotatable bonds is 2. The largest absolute Gasteiger partial charge is 0.396 e. The molecule has 0 fully saturated rings. The summed E-state index contributed by atoms with van der Waals surface area (Å²) >= 11 is 2.85. The monoisotopic (exact) mass is 329 g/mol. The summed E-state index contributed by atoms with van der Waals surface area (Å²) in [4.78, 5) is 12.1. The highest BCUT2D eigenvalue weighted by molar-refractivity contribution is 9.10. The number of hydrogen-bond acceptors (Lipinski definition) is 2. The van der Waals surface area contributed by atoms with E-state index in [4.69, 9.17) is 5.73 Å². The molecule has 0 saturated carbocycles. The van der Waals surface area contributed by atoms with Crippen molar-refractivity contribution in [2.45, 2.75) is 0 Å². The highest BCUT2D eigenvalue weighted by atomic mass is 79.9. The lowest BCUT2D eigenvalue weighted by atomic mass is 10.0. The molecule has 2 aromatic carbocycles. The van der Waals surface area contributed by atoms with Crippen LogP contribution < -0.4 is 5.73 Å². The minimum absolute atomic E-state index is 0.0628. The van der Waals surface area contributed by atoms with E-state index in [1.54, 1.807) is 0 Å². The first-order chi connectivity index (χ1) is 8.93. The summed E-state index contributed by atoms with van der Waals surface area (Å²) < 4.78 is 40.6. The van der Waals surface area contributed by atoms with Crippen molar-refractivity contribution in [3.05, 3.63) is 63.4 Å². The van der Waals surface area contributed by atoms with Crippen LogP contribution >= 0.6 is 15.9 Å². The molecule has 2 nitrogen and oxygen atoms in total. The van der Waals surface area contributed by atoms with Gasteiger partial charge in [0.15, 0.2) is 5.82 Å². The van der Waals surface area contributed by atoms with Crippen LogP contribution in [0.3, 0.4) is 0 Å². The zero-order valence-corrected chi connectivity index (χ0v) is 11.0. The minimum atomic E-state index is -1.05. The first-order valence-corrected chi connectivity index (χ1v) is 5.95. The molecule has 6 heteroatoms. The number of anilines is 1. The predicted octanol–water partition coefficient (Wildman–Crippen LogP) is 3.68. The van der Waals surface area contributed by atoms with Gasteiger partial charge in [0.1, 0.15) is 11.6 Å². The standard InChI is InChI=1S/C13H7BrF3NO/c14-7-4-5-8(15)10(11(7)17)13(19)6-2-1-3-9(16)12(6)18/h1-5H,18H2. The summed E-state index contributed by atoms with van der Waals surface area (Å²) in [5.41, 5.74) is 3.91. The Balaban J connectivity index is 2.63. The molecule has 0 aliphatic carbocycles. The van der Waals surface area contributed by atoms with Crippen LogP contribution in [0.5, 0.6) is 0 Å². The maximum atomic E-state index is 13.8. The maximum Gasteiger partial charge on any atom is 0.201 e. The summed E-state index contributed by atoms with van der Waals surface area (Å²) in [5, 5.41) is 0. The van der Waals surface area contributed by atoms with Gasteiger partial charge in [-0.15, -0.1) is 0 Å². The van der Waals surface area contributed by atoms with E-state index in [2.05, 4.69) is 15.9 Å². The molecule has 2 aromatic rings. The molecule has 0 bridgehead atoms. The molecule has 0 aromatic heterocycles. The van der Waals surface area contributed by atoms with Crippen LogP contribution in [0.4, 0.5) is 18.9 Å². The molecule has 0 aliphatic rings. The van der Waals surface area contributed by atoms with Crippen LogP contribution in [0.25, 0.3) is 0 Å². The number of halogens is 4. The van der Waals surface area contributed by atoms with Crippen molar-refractivity contribution in [1.82, 2.24) is 0 Å². The lowest BCUT2D eigenvalue weighted by Gasteiger charge is -2.08. The SMILES string of the molecule is Nc1c(F)cccc1C(=O)c1c(F)ccc(Br)c1F. The van der Waals surface area contributed by atoms with Gasteiger partial charge < -0.3 is 5.73 Å². The number of para-hydroxylation sites is 1. The first kappa shape index (κ1) is 13.6. The van der Waals surface area contributed by atoms with E-state index in [9.17, 15) is 18.0 Å². The average Bonchev–Trinajstić information content (AvgIpc) is 2.37. The van der Waals surface area contributed by atoms with Crippen molar-refractivity contribution < 1.29 is 18.0 Å². The van der Waals surface area contributed by atoms with Crippen LogP contribution in [0.1, 0.15) is 15.9 Å². The Labute approximate surface area is 115 Å². The van der Waals surface area contributed by atoms with Gasteiger partial charge in [0, 0.05) is 5.56 Å². The fourth-order valence-electron chi connectivity index (χ4n) is 1.60. The van der Waals surface area contributed by atoms with Crippen LogP contribution in [0, 0.1) is 17.5 Å². The third-order valence-electron chi connectivity index (χ3n) is 2.57. The number of ketones is 1. The molecule has 19 heavy (non-hydrogen) atoms. The molecule has 0 saturated heterocycles. The van der Waals surface area contributed by atoms with Gasteiger partial charge in [0.2, 0.25) is 5.78 Å². The summed E-state index contributed by atoms with van der Waals surface area (Å²) in [6.45, 7) is 0. The van der Waals surface area contributed by atoms with E-state index in [-0.39, 0.29) is 10.0 Å². The molecule has 0 amide bonds. The van der Waals surface area contributed by atoms with Crippen molar-refractivity contribution in [3.8, 4) is 0 Å². The fourth-order valence-corrected chi connectivity index (χ4v) is 1.94. The van der Waals surface area contributed by atoms with E-state index in [0.717, 1.165) is 18.2 Å². The zero-order chi connectivity index (χ0) is 14.2. The van der Waals surface area contributed by atoms with Gasteiger partial charge in [-0.05, 0) is 40.2 Å². The summed E-state index contributed by atoms with van der Waals surface area (Å²) in [7, 11) is 0. The van der Waals surface area contributed by atoms with Gasteiger partial charge in [0.25, 0.3) is 0 Å². The molecule has 0 spiro atoms. The number of nitrogens with two attached hydrogens (primary N) is 1. The maximum absolute atomic E-state index is 13.8. The Kier molecular flexibility index (Phi) is 3.61. The Morgan fingerprint density at radius 1 is 1.05 bits per heavy atom. The van der Waals surface area contributed by atoms with Gasteiger partial charge in [-0.25, -0.2) is 13.2 Å². The molecular formula is C13H7BrF3NO. The smallest absolute Gasteiger partial charge is 0.201 e. The Bertz CT molecular complexity index is 673. The highest BCUT2D eigenvalue weighted by Gasteiger charge is 2.23. The Morgan fingerprint density at radius 3 is 2.42 bits per heavy atom. The van der Waals surface area contributed by atoms with Gasteiger partial charge >= 0.3 is 0 Å². The van der Waals surface area contributed by atoms with Gasteiger partial charge in [-0.3, -0.25) is 4.79 Å². The van der Waals surface area contributed by atoms with Crippen LogP contribution in [-0.2, 0) is 0 Å². The van der Waals surface area contributed by atoms with Crippen molar-refractivity contribution in [2.75, 3.05) is 5.73 Å². The van der Waals surface area contributed by atoms with E-state index >= 15 is 0 Å². The van der Waals surface area contributed by atoms with Crippen molar-refractivity contribution in [1.29, 1.82) is 0 Å². The fraction of sp³-hybridized carbons (Fsp3) is 0. The third-order valence-corrected chi connectivity index (χ3v) is 3.18. The highest BCUT2D eigenvalue weighted by Crippen LogP contribution is 2.26. The Morgan fingerprint density at radius 2 is 1.74 bits per heavy atom. The van der Waals surface area contributed by atoms with Gasteiger partial charge in [-0.2, -0.15) is 0 Å². The minimum Gasteiger partial charge on any atom is -0.396 e. The molecule has 0 heterocycles. The number of hydrogen-bond donors (Lipinski definition) is 1. The van der Waals surface area contributed by atoms with Crippen LogP contribution in [0.15, 0.2) is 34.8 Å². The summed E-state index contributed by atoms with van der Waals surface area (Å²) in [6.07, 6.45) is 0. The number of nitrogen functional groups attached to an aromatic ring is 1. The molecular weight excluding hydrogens is 323 g/mol. The predicted molar refractivity (Wildman–Crippen MR) is 68.3 cm³/mol. The lowest BCUT2D eigenvalue weighted by Crippen LogP contribution is -2.11. The second kappa shape index (κ2) is 5.05. The van der Waals surface area contributed by atoms with Crippen molar-refractivity contribution in [2.24, 2.45) is 0 Å². The normalized spacial score (nSPS) is 10.5. The summed E-state index contributed by atoms with van der Waals surface area (Å²) in [6, 6.07) is 5.58. The van der Waals surface area contributed by atoms with E-state index < -0.39 is 34.5 Å². The van der Waals surface area contributed by atoms with E-state index in [1.807, 2.05) is 0 Å². The van der Waals surface area contributed by atoms with Gasteiger partial charge in [-0.1, -0.05) is 6.07 Å². The van der Waals surface area contributed by atoms with Gasteiger partial charge in [0.05, 0.1) is 15.7 Å². The molecule has 98 valence electrons. The van der Waals surface area contributed by atoms with E-state index in [0.29, 0.717) is 0 Å². The number of carbonyl (C=O) groups excluding carboxylic acids is 1. The summed E-state index contributed by atoms with van der Waals surface area (Å²) in [5.74, 6) is -3.90. The topological polar surface area (TPSA) is 43.1 Å². The number of carbonyl (C=O) groups is 1. The van der Waals surface area contributed by atoms with Crippen molar-refractivity contribution in [3.63, 3.8) is 0 Å². The first-order valence-electron chi connectivity index (χ1n) is 5.15. The molecule has 0 radical (unpaired) electrons. The molecule has 0 unspecified atom stereocenters. The van der Waals surface area contributed by atoms with Crippen LogP contribution in [0.2, 0.25) is 0 Å². The molecule has 2 N–H and O–H groups in total. The number of benzene rings is 2. The zero-order valence-electron chi connectivity index (χ0n) is 9.38. The average molecular weight is 330 g/mol. The van der Waals surface area contributed by atoms with E-state index in [1.165, 1.54) is 12.1 Å². The second-order valence-electron chi connectivity index (χ2n) is 3.75. The van der Waals surface area contributed by atoms with Crippen LogP contribution in [-0.4, -0.2) is 5.78 Å². The quantitative estimate of drug-likeness (QED) is 0.519. The Hall–Kier alpha value is -1.82. The second-order valence-corrected chi connectivity index (χ2v) is 4.60. The molecule has 0 atom stereocenters.